The first-order chi connectivity index (χ1) is 12.0. The minimum absolute atomic E-state index is 0.0678. The van der Waals surface area contributed by atoms with Gasteiger partial charge >= 0.3 is 0 Å². The maximum Gasteiger partial charge on any atom is 0.261 e. The number of benzene rings is 2. The molecule has 25 heavy (non-hydrogen) atoms. The largest absolute Gasteiger partial charge is 0.340 e. The first-order valence-corrected chi connectivity index (χ1v) is 7.87. The molecule has 0 saturated heterocycles. The molecule has 6 heteroatoms. The Balaban J connectivity index is 1.71. The molecule has 128 valence electrons. The van der Waals surface area contributed by atoms with Crippen molar-refractivity contribution in [3.63, 3.8) is 0 Å². The van der Waals surface area contributed by atoms with Gasteiger partial charge in [0.25, 0.3) is 5.91 Å². The molecule has 1 aliphatic rings. The fourth-order valence-corrected chi connectivity index (χ4v) is 2.79. The highest BCUT2D eigenvalue weighted by atomic mass is 19.1. The van der Waals surface area contributed by atoms with Gasteiger partial charge in [-0.25, -0.2) is 4.39 Å². The second-order valence-corrected chi connectivity index (χ2v) is 5.96. The standard InChI is InChI=1S/C19H17FN2O3/c1-21(11-14-7-3-5-9-16(14)20)18(24)12-22-17(23)10-13-6-2-4-8-15(13)19(22)25/h2-9H,10-12H2,1H3. The van der Waals surface area contributed by atoms with Gasteiger partial charge in [-0.1, -0.05) is 36.4 Å². The summed E-state index contributed by atoms with van der Waals surface area (Å²) >= 11 is 0. The number of hydrogen-bond donors (Lipinski definition) is 0. The topological polar surface area (TPSA) is 57.7 Å². The maximum atomic E-state index is 13.7. The van der Waals surface area contributed by atoms with E-state index >= 15 is 0 Å². The highest BCUT2D eigenvalue weighted by molar-refractivity contribution is 6.11. The Bertz CT molecular complexity index is 850. The number of imide groups is 1. The van der Waals surface area contributed by atoms with Gasteiger partial charge in [0, 0.05) is 24.7 Å². The fourth-order valence-electron chi connectivity index (χ4n) is 2.79. The van der Waals surface area contributed by atoms with E-state index in [1.807, 2.05) is 0 Å². The summed E-state index contributed by atoms with van der Waals surface area (Å²) < 4.78 is 13.7. The lowest BCUT2D eigenvalue weighted by Crippen LogP contribution is -2.47. The Hall–Kier alpha value is -3.02. The third kappa shape index (κ3) is 3.42. The first kappa shape index (κ1) is 16.8. The monoisotopic (exact) mass is 340 g/mol. The third-order valence-electron chi connectivity index (χ3n) is 4.22. The summed E-state index contributed by atoms with van der Waals surface area (Å²) in [5, 5.41) is 0. The van der Waals surface area contributed by atoms with Gasteiger partial charge in [-0.05, 0) is 17.7 Å². The second kappa shape index (κ2) is 6.84. The SMILES string of the molecule is CN(Cc1ccccc1F)C(=O)CN1C(=O)Cc2ccccc2C1=O. The van der Waals surface area contributed by atoms with Crippen molar-refractivity contribution in [2.75, 3.05) is 13.6 Å². The summed E-state index contributed by atoms with van der Waals surface area (Å²) in [7, 11) is 1.52. The predicted octanol–water partition coefficient (Wildman–Crippen LogP) is 2.01. The average molecular weight is 340 g/mol. The fraction of sp³-hybridized carbons (Fsp3) is 0.211. The van der Waals surface area contributed by atoms with Crippen molar-refractivity contribution in [3.8, 4) is 0 Å². The lowest BCUT2D eigenvalue weighted by molar-refractivity contribution is -0.138. The van der Waals surface area contributed by atoms with Gasteiger partial charge in [0.1, 0.15) is 12.4 Å². The van der Waals surface area contributed by atoms with Crippen LogP contribution in [-0.4, -0.2) is 41.1 Å². The summed E-state index contributed by atoms with van der Waals surface area (Å²) in [6.07, 6.45) is 0.0895. The zero-order chi connectivity index (χ0) is 18.0. The summed E-state index contributed by atoms with van der Waals surface area (Å²) in [6.45, 7) is -0.282. The minimum Gasteiger partial charge on any atom is -0.340 e. The molecule has 5 nitrogen and oxygen atoms in total. The number of amides is 3. The lowest BCUT2D eigenvalue weighted by Gasteiger charge is -2.28. The number of halogens is 1. The number of hydrogen-bond acceptors (Lipinski definition) is 3. The van der Waals surface area contributed by atoms with Crippen molar-refractivity contribution in [2.24, 2.45) is 0 Å². The Morgan fingerprint density at radius 2 is 1.80 bits per heavy atom. The van der Waals surface area contributed by atoms with Crippen LogP contribution >= 0.6 is 0 Å². The molecule has 0 aromatic heterocycles. The van der Waals surface area contributed by atoms with Gasteiger partial charge in [0.15, 0.2) is 0 Å². The van der Waals surface area contributed by atoms with Crippen LogP contribution in [-0.2, 0) is 22.6 Å². The number of carbonyl (C=O) groups is 3. The number of nitrogens with zero attached hydrogens (tertiary/aromatic N) is 2. The molecule has 2 aromatic carbocycles. The van der Waals surface area contributed by atoms with E-state index in [0.717, 1.165) is 4.90 Å². The van der Waals surface area contributed by atoms with E-state index in [1.54, 1.807) is 42.5 Å². The molecule has 2 aromatic rings. The van der Waals surface area contributed by atoms with Crippen LogP contribution in [0.2, 0.25) is 0 Å². The molecule has 3 amide bonds. The zero-order valence-corrected chi connectivity index (χ0v) is 13.7. The summed E-state index contributed by atoms with van der Waals surface area (Å²) in [4.78, 5) is 39.3. The Morgan fingerprint density at radius 3 is 2.56 bits per heavy atom. The van der Waals surface area contributed by atoms with E-state index in [2.05, 4.69) is 0 Å². The molecule has 1 aliphatic heterocycles. The van der Waals surface area contributed by atoms with Crippen LogP contribution in [0.5, 0.6) is 0 Å². The van der Waals surface area contributed by atoms with Crippen molar-refractivity contribution in [1.29, 1.82) is 0 Å². The molecule has 0 saturated carbocycles. The molecule has 3 rings (SSSR count). The Morgan fingerprint density at radius 1 is 1.12 bits per heavy atom. The molecule has 0 radical (unpaired) electrons. The summed E-state index contributed by atoms with van der Waals surface area (Å²) in [6, 6.07) is 13.0. The molecule has 0 atom stereocenters. The Labute approximate surface area is 144 Å². The van der Waals surface area contributed by atoms with E-state index in [4.69, 9.17) is 0 Å². The van der Waals surface area contributed by atoms with E-state index in [-0.39, 0.29) is 19.5 Å². The van der Waals surface area contributed by atoms with E-state index in [9.17, 15) is 18.8 Å². The lowest BCUT2D eigenvalue weighted by atomic mass is 9.98. The van der Waals surface area contributed by atoms with Crippen molar-refractivity contribution in [3.05, 3.63) is 71.0 Å². The first-order valence-electron chi connectivity index (χ1n) is 7.87. The van der Waals surface area contributed by atoms with E-state index in [1.165, 1.54) is 18.0 Å². The van der Waals surface area contributed by atoms with Crippen LogP contribution in [0.25, 0.3) is 0 Å². The summed E-state index contributed by atoms with van der Waals surface area (Å²) in [5.74, 6) is -1.71. The molecule has 0 spiro atoms. The molecule has 0 fully saturated rings. The second-order valence-electron chi connectivity index (χ2n) is 5.96. The zero-order valence-electron chi connectivity index (χ0n) is 13.7. The van der Waals surface area contributed by atoms with Gasteiger partial charge in [-0.3, -0.25) is 19.3 Å². The Kier molecular flexibility index (Phi) is 4.61. The molecule has 0 bridgehead atoms. The van der Waals surface area contributed by atoms with Crippen molar-refractivity contribution < 1.29 is 18.8 Å². The third-order valence-corrected chi connectivity index (χ3v) is 4.22. The van der Waals surface area contributed by atoms with Gasteiger partial charge in [-0.2, -0.15) is 0 Å². The van der Waals surface area contributed by atoms with E-state index in [0.29, 0.717) is 16.7 Å². The molecular weight excluding hydrogens is 323 g/mol. The van der Waals surface area contributed by atoms with Crippen LogP contribution in [0.1, 0.15) is 21.5 Å². The highest BCUT2D eigenvalue weighted by Gasteiger charge is 2.32. The molecule has 1 heterocycles. The van der Waals surface area contributed by atoms with Crippen LogP contribution in [0.15, 0.2) is 48.5 Å². The van der Waals surface area contributed by atoms with Crippen LogP contribution < -0.4 is 0 Å². The maximum absolute atomic E-state index is 13.7. The number of likely N-dealkylation sites (N-methyl/N-ethyl adjacent to an activating group) is 1. The van der Waals surface area contributed by atoms with Crippen LogP contribution in [0, 0.1) is 5.82 Å². The minimum atomic E-state index is -0.473. The molecule has 0 N–H and O–H groups in total. The van der Waals surface area contributed by atoms with Crippen molar-refractivity contribution >= 4 is 17.7 Å². The van der Waals surface area contributed by atoms with E-state index < -0.39 is 23.5 Å². The number of carbonyl (C=O) groups excluding carboxylic acids is 3. The highest BCUT2D eigenvalue weighted by Crippen LogP contribution is 2.19. The van der Waals surface area contributed by atoms with Crippen molar-refractivity contribution in [1.82, 2.24) is 9.80 Å². The normalized spacial score (nSPS) is 13.6. The molecular formula is C19H17FN2O3. The van der Waals surface area contributed by atoms with Gasteiger partial charge < -0.3 is 4.90 Å². The van der Waals surface area contributed by atoms with Crippen LogP contribution in [0.4, 0.5) is 4.39 Å². The summed E-state index contributed by atoms with van der Waals surface area (Å²) in [5.41, 5.74) is 1.48. The number of fused-ring (bicyclic) bond motifs is 1. The average Bonchev–Trinajstić information content (AvgIpc) is 2.60. The quantitative estimate of drug-likeness (QED) is 0.800. The van der Waals surface area contributed by atoms with Gasteiger partial charge in [0.05, 0.1) is 6.42 Å². The predicted molar refractivity (Wildman–Crippen MR) is 89.1 cm³/mol. The van der Waals surface area contributed by atoms with Crippen molar-refractivity contribution in [2.45, 2.75) is 13.0 Å². The molecule has 0 aliphatic carbocycles. The van der Waals surface area contributed by atoms with Gasteiger partial charge in [-0.15, -0.1) is 0 Å². The van der Waals surface area contributed by atoms with Crippen LogP contribution in [0.3, 0.4) is 0 Å². The smallest absolute Gasteiger partial charge is 0.261 e. The molecule has 0 unspecified atom stereocenters. The number of rotatable bonds is 4. The van der Waals surface area contributed by atoms with Gasteiger partial charge in [0.2, 0.25) is 11.8 Å².